The molecule has 0 amide bonds. The number of nitrogens with one attached hydrogen (secondary N) is 1. The lowest BCUT2D eigenvalue weighted by atomic mass is 9.85. The molecule has 2 saturated heterocycles. The van der Waals surface area contributed by atoms with Crippen molar-refractivity contribution in [3.05, 3.63) is 35.3 Å². The minimum absolute atomic E-state index is 0.143. The SMILES string of the molecule is Cc1nnc(-c2ccc(-c3ccc(OC4CC5CCCC(C4)N5)nn3)c(O)c2)s1. The minimum Gasteiger partial charge on any atom is -0.507 e. The van der Waals surface area contributed by atoms with Gasteiger partial charge in [0.25, 0.3) is 0 Å². The summed E-state index contributed by atoms with van der Waals surface area (Å²) in [5.41, 5.74) is 2.07. The second kappa shape index (κ2) is 7.68. The molecule has 2 N–H and O–H groups in total. The molecular weight excluding hydrogens is 386 g/mol. The lowest BCUT2D eigenvalue weighted by Crippen LogP contribution is -2.51. The van der Waals surface area contributed by atoms with Gasteiger partial charge in [-0.2, -0.15) is 0 Å². The third-order valence-corrected chi connectivity index (χ3v) is 6.53. The molecular formula is C21H23N5O2S. The van der Waals surface area contributed by atoms with Gasteiger partial charge in [0, 0.05) is 29.3 Å². The van der Waals surface area contributed by atoms with Crippen LogP contribution in [-0.2, 0) is 0 Å². The summed E-state index contributed by atoms with van der Waals surface area (Å²) >= 11 is 1.49. The fraction of sp³-hybridized carbons (Fsp3) is 0.429. The van der Waals surface area contributed by atoms with Crippen LogP contribution in [0.2, 0.25) is 0 Å². The highest BCUT2D eigenvalue weighted by Gasteiger charge is 2.32. The van der Waals surface area contributed by atoms with Gasteiger partial charge in [0.15, 0.2) is 0 Å². The molecule has 2 aliphatic rings. The molecule has 2 aromatic heterocycles. The molecule has 2 aliphatic heterocycles. The van der Waals surface area contributed by atoms with Gasteiger partial charge in [0.1, 0.15) is 21.9 Å². The number of ether oxygens (including phenoxy) is 1. The van der Waals surface area contributed by atoms with E-state index in [1.807, 2.05) is 31.2 Å². The Morgan fingerprint density at radius 2 is 1.86 bits per heavy atom. The number of piperidine rings is 2. The number of phenols is 1. The van der Waals surface area contributed by atoms with E-state index in [1.54, 1.807) is 6.07 Å². The van der Waals surface area contributed by atoms with E-state index in [0.717, 1.165) is 28.4 Å². The van der Waals surface area contributed by atoms with Crippen molar-refractivity contribution >= 4 is 11.3 Å². The topological polar surface area (TPSA) is 93.1 Å². The first-order valence-electron chi connectivity index (χ1n) is 10.0. The summed E-state index contributed by atoms with van der Waals surface area (Å²) in [5.74, 6) is 0.684. The normalized spacial score (nSPS) is 23.7. The molecule has 7 nitrogen and oxygen atoms in total. The van der Waals surface area contributed by atoms with Gasteiger partial charge in [-0.05, 0) is 50.8 Å². The van der Waals surface area contributed by atoms with Gasteiger partial charge in [-0.1, -0.05) is 23.8 Å². The van der Waals surface area contributed by atoms with Crippen LogP contribution >= 0.6 is 11.3 Å². The highest BCUT2D eigenvalue weighted by Crippen LogP contribution is 2.34. The molecule has 0 spiro atoms. The van der Waals surface area contributed by atoms with Crippen molar-refractivity contribution in [2.24, 2.45) is 0 Å². The first-order valence-corrected chi connectivity index (χ1v) is 10.9. The molecule has 150 valence electrons. The Bertz CT molecular complexity index is 995. The molecule has 0 saturated carbocycles. The van der Waals surface area contributed by atoms with Crippen LogP contribution in [0.25, 0.3) is 21.8 Å². The maximum Gasteiger partial charge on any atom is 0.233 e. The second-order valence-corrected chi connectivity index (χ2v) is 9.00. The smallest absolute Gasteiger partial charge is 0.233 e. The van der Waals surface area contributed by atoms with E-state index >= 15 is 0 Å². The summed E-state index contributed by atoms with van der Waals surface area (Å²) in [5, 5.41) is 32.5. The van der Waals surface area contributed by atoms with Crippen LogP contribution in [-0.4, -0.2) is 43.7 Å². The van der Waals surface area contributed by atoms with Gasteiger partial charge in [-0.15, -0.1) is 20.4 Å². The van der Waals surface area contributed by atoms with Gasteiger partial charge in [-0.25, -0.2) is 0 Å². The van der Waals surface area contributed by atoms with Gasteiger partial charge < -0.3 is 15.2 Å². The lowest BCUT2D eigenvalue weighted by molar-refractivity contribution is 0.0881. The Hall–Kier alpha value is -2.58. The van der Waals surface area contributed by atoms with Crippen LogP contribution in [0.5, 0.6) is 11.6 Å². The van der Waals surface area contributed by atoms with Crippen LogP contribution in [0.3, 0.4) is 0 Å². The number of aromatic nitrogens is 4. The first kappa shape index (κ1) is 18.4. The Morgan fingerprint density at radius 3 is 2.52 bits per heavy atom. The monoisotopic (exact) mass is 409 g/mol. The number of aryl methyl sites for hydroxylation is 1. The van der Waals surface area contributed by atoms with Crippen molar-refractivity contribution in [3.63, 3.8) is 0 Å². The highest BCUT2D eigenvalue weighted by molar-refractivity contribution is 7.14. The highest BCUT2D eigenvalue weighted by atomic mass is 32.1. The molecule has 2 fully saturated rings. The summed E-state index contributed by atoms with van der Waals surface area (Å²) in [6.07, 6.45) is 6.00. The number of benzene rings is 1. The number of aromatic hydroxyl groups is 1. The summed E-state index contributed by atoms with van der Waals surface area (Å²) < 4.78 is 6.10. The molecule has 8 heteroatoms. The van der Waals surface area contributed by atoms with Crippen LogP contribution in [0.4, 0.5) is 0 Å². The fourth-order valence-electron chi connectivity index (χ4n) is 4.30. The lowest BCUT2D eigenvalue weighted by Gasteiger charge is -2.39. The number of nitrogens with zero attached hydrogens (tertiary/aromatic N) is 4. The maximum atomic E-state index is 10.5. The Labute approximate surface area is 173 Å². The van der Waals surface area contributed by atoms with E-state index in [0.29, 0.717) is 29.2 Å². The van der Waals surface area contributed by atoms with Crippen molar-refractivity contribution in [1.29, 1.82) is 0 Å². The summed E-state index contributed by atoms with van der Waals surface area (Å²) in [4.78, 5) is 0. The van der Waals surface area contributed by atoms with Crippen molar-refractivity contribution < 1.29 is 9.84 Å². The zero-order chi connectivity index (χ0) is 19.8. The van der Waals surface area contributed by atoms with E-state index < -0.39 is 0 Å². The number of phenolic OH excluding ortho intramolecular Hbond substituents is 1. The predicted molar refractivity (Wildman–Crippen MR) is 111 cm³/mol. The molecule has 2 unspecified atom stereocenters. The van der Waals surface area contributed by atoms with Gasteiger partial charge in [-0.3, -0.25) is 0 Å². The zero-order valence-corrected chi connectivity index (χ0v) is 17.0. The number of rotatable bonds is 4. The first-order chi connectivity index (χ1) is 14.1. The van der Waals surface area contributed by atoms with Crippen molar-refractivity contribution in [2.45, 2.75) is 57.2 Å². The molecule has 29 heavy (non-hydrogen) atoms. The molecule has 0 aliphatic carbocycles. The minimum atomic E-state index is 0.143. The predicted octanol–water partition coefficient (Wildman–Crippen LogP) is 3.73. The third-order valence-electron chi connectivity index (χ3n) is 5.65. The third kappa shape index (κ3) is 3.95. The van der Waals surface area contributed by atoms with Crippen LogP contribution in [0.15, 0.2) is 30.3 Å². The van der Waals surface area contributed by atoms with E-state index in [9.17, 15) is 5.11 Å². The van der Waals surface area contributed by atoms with E-state index in [-0.39, 0.29) is 11.9 Å². The second-order valence-electron chi connectivity index (χ2n) is 7.82. The maximum absolute atomic E-state index is 10.5. The summed E-state index contributed by atoms with van der Waals surface area (Å²) in [6.45, 7) is 1.91. The standard InChI is InChI=1S/C21H23N5O2S/c1-12-23-26-21(29-12)13-5-6-17(19(27)9-13)18-7-8-20(25-24-18)28-16-10-14-3-2-4-15(11-16)22-14/h5-9,14-16,22,27H,2-4,10-11H2,1H3. The Balaban J connectivity index is 1.30. The van der Waals surface area contributed by atoms with Crippen molar-refractivity contribution in [2.75, 3.05) is 0 Å². The molecule has 0 radical (unpaired) electrons. The molecule has 3 aromatic rings. The average Bonchev–Trinajstić information content (AvgIpc) is 3.15. The number of hydrogen-bond donors (Lipinski definition) is 2. The van der Waals surface area contributed by atoms with Crippen molar-refractivity contribution in [1.82, 2.24) is 25.7 Å². The quantitative estimate of drug-likeness (QED) is 0.678. The van der Waals surface area contributed by atoms with Crippen molar-refractivity contribution in [3.8, 4) is 33.5 Å². The Kier molecular flexibility index (Phi) is 4.89. The number of fused-ring (bicyclic) bond motifs is 2. The van der Waals surface area contributed by atoms with Gasteiger partial charge in [0.05, 0.1) is 5.69 Å². The van der Waals surface area contributed by atoms with Gasteiger partial charge in [0.2, 0.25) is 5.88 Å². The zero-order valence-electron chi connectivity index (χ0n) is 16.2. The van der Waals surface area contributed by atoms with E-state index in [4.69, 9.17) is 4.74 Å². The fourth-order valence-corrected chi connectivity index (χ4v) is 4.99. The largest absolute Gasteiger partial charge is 0.507 e. The molecule has 2 atom stereocenters. The molecule has 2 bridgehead atoms. The van der Waals surface area contributed by atoms with Crippen LogP contribution in [0.1, 0.15) is 37.1 Å². The van der Waals surface area contributed by atoms with Crippen LogP contribution < -0.4 is 10.1 Å². The average molecular weight is 410 g/mol. The Morgan fingerprint density at radius 1 is 1.03 bits per heavy atom. The van der Waals surface area contributed by atoms with Gasteiger partial charge >= 0.3 is 0 Å². The van der Waals surface area contributed by atoms with E-state index in [2.05, 4.69) is 25.7 Å². The molecule has 1 aromatic carbocycles. The summed E-state index contributed by atoms with van der Waals surface area (Å²) in [6, 6.07) is 10.2. The van der Waals surface area contributed by atoms with E-state index in [1.165, 1.54) is 30.6 Å². The molecule has 5 rings (SSSR count). The summed E-state index contributed by atoms with van der Waals surface area (Å²) in [7, 11) is 0. The molecule has 4 heterocycles. The number of hydrogen-bond acceptors (Lipinski definition) is 8. The van der Waals surface area contributed by atoms with Crippen LogP contribution in [0, 0.1) is 6.92 Å².